The second-order valence-corrected chi connectivity index (χ2v) is 3.10. The highest BCUT2D eigenvalue weighted by molar-refractivity contribution is 5.27. The van der Waals surface area contributed by atoms with E-state index in [0.717, 1.165) is 26.1 Å². The van der Waals surface area contributed by atoms with Crippen molar-refractivity contribution in [3.63, 3.8) is 0 Å². The molecule has 0 N–H and O–H groups in total. The van der Waals surface area contributed by atoms with Crippen molar-refractivity contribution < 1.29 is 4.74 Å². The number of nitrogens with zero attached hydrogens (tertiary/aromatic N) is 1. The molecule has 1 aliphatic heterocycles. The molecule has 0 fully saturated rings. The summed E-state index contributed by atoms with van der Waals surface area (Å²) in [5.41, 5.74) is 3.85. The van der Waals surface area contributed by atoms with Gasteiger partial charge in [-0.15, -0.1) is 0 Å². The SMILES string of the molecule is CCc1cc2c(cn1)CCOC2. The predicted molar refractivity (Wildman–Crippen MR) is 47.0 cm³/mol. The zero-order valence-electron chi connectivity index (χ0n) is 7.34. The van der Waals surface area contributed by atoms with Crippen LogP contribution in [0.25, 0.3) is 0 Å². The molecule has 0 saturated carbocycles. The Kier molecular flexibility index (Phi) is 2.09. The Bertz CT molecular complexity index is 283. The molecule has 64 valence electrons. The van der Waals surface area contributed by atoms with Gasteiger partial charge in [0.2, 0.25) is 0 Å². The maximum Gasteiger partial charge on any atom is 0.0720 e. The van der Waals surface area contributed by atoms with E-state index in [2.05, 4.69) is 18.0 Å². The molecule has 0 aliphatic carbocycles. The van der Waals surface area contributed by atoms with Gasteiger partial charge in [-0.2, -0.15) is 0 Å². The van der Waals surface area contributed by atoms with Crippen molar-refractivity contribution in [3.8, 4) is 0 Å². The van der Waals surface area contributed by atoms with Crippen LogP contribution >= 0.6 is 0 Å². The van der Waals surface area contributed by atoms with Gasteiger partial charge in [-0.25, -0.2) is 0 Å². The minimum absolute atomic E-state index is 0.769. The van der Waals surface area contributed by atoms with Crippen LogP contribution < -0.4 is 0 Å². The van der Waals surface area contributed by atoms with Crippen LogP contribution in [0.5, 0.6) is 0 Å². The molecule has 0 amide bonds. The zero-order chi connectivity index (χ0) is 8.39. The zero-order valence-corrected chi connectivity index (χ0v) is 7.34. The van der Waals surface area contributed by atoms with Crippen molar-refractivity contribution in [2.75, 3.05) is 6.61 Å². The monoisotopic (exact) mass is 163 g/mol. The summed E-state index contributed by atoms with van der Waals surface area (Å²) >= 11 is 0. The second kappa shape index (κ2) is 3.23. The van der Waals surface area contributed by atoms with Gasteiger partial charge in [0.05, 0.1) is 13.2 Å². The lowest BCUT2D eigenvalue weighted by Gasteiger charge is -2.16. The Labute approximate surface area is 72.6 Å². The maximum atomic E-state index is 5.37. The molecule has 2 heteroatoms. The molecule has 2 rings (SSSR count). The molecule has 0 spiro atoms. The van der Waals surface area contributed by atoms with Crippen LogP contribution in [-0.2, 0) is 24.2 Å². The molecular weight excluding hydrogens is 150 g/mol. The lowest BCUT2D eigenvalue weighted by molar-refractivity contribution is 0.110. The first-order valence-corrected chi connectivity index (χ1v) is 4.44. The van der Waals surface area contributed by atoms with E-state index in [1.807, 2.05) is 6.20 Å². The summed E-state index contributed by atoms with van der Waals surface area (Å²) in [6.07, 6.45) is 4.02. The van der Waals surface area contributed by atoms with Gasteiger partial charge in [-0.05, 0) is 30.0 Å². The molecule has 1 aliphatic rings. The first kappa shape index (κ1) is 7.74. The van der Waals surface area contributed by atoms with Crippen molar-refractivity contribution in [1.82, 2.24) is 4.98 Å². The number of fused-ring (bicyclic) bond motifs is 1. The number of ether oxygens (including phenoxy) is 1. The van der Waals surface area contributed by atoms with Crippen LogP contribution in [0.1, 0.15) is 23.7 Å². The fraction of sp³-hybridized carbons (Fsp3) is 0.500. The Morgan fingerprint density at radius 2 is 2.42 bits per heavy atom. The van der Waals surface area contributed by atoms with Crippen LogP contribution in [0.15, 0.2) is 12.3 Å². The largest absolute Gasteiger partial charge is 0.376 e. The number of hydrogen-bond donors (Lipinski definition) is 0. The van der Waals surface area contributed by atoms with Crippen molar-refractivity contribution in [3.05, 3.63) is 29.1 Å². The van der Waals surface area contributed by atoms with Crippen molar-refractivity contribution in [1.29, 1.82) is 0 Å². The van der Waals surface area contributed by atoms with E-state index in [-0.39, 0.29) is 0 Å². The minimum Gasteiger partial charge on any atom is -0.376 e. The molecule has 0 saturated heterocycles. The quantitative estimate of drug-likeness (QED) is 0.629. The summed E-state index contributed by atoms with van der Waals surface area (Å²) in [7, 11) is 0. The summed E-state index contributed by atoms with van der Waals surface area (Å²) < 4.78 is 5.37. The molecule has 2 nitrogen and oxygen atoms in total. The summed E-state index contributed by atoms with van der Waals surface area (Å²) in [5, 5.41) is 0. The third kappa shape index (κ3) is 1.34. The molecule has 1 aromatic rings. The molecule has 1 aromatic heterocycles. The summed E-state index contributed by atoms with van der Waals surface area (Å²) in [6.45, 7) is 3.74. The molecule has 0 bridgehead atoms. The lowest BCUT2D eigenvalue weighted by atomic mass is 10.0. The Balaban J connectivity index is 2.36. The van der Waals surface area contributed by atoms with Gasteiger partial charge in [0.15, 0.2) is 0 Å². The highest BCUT2D eigenvalue weighted by atomic mass is 16.5. The molecule has 12 heavy (non-hydrogen) atoms. The summed E-state index contributed by atoms with van der Waals surface area (Å²) in [6, 6.07) is 2.16. The Morgan fingerprint density at radius 1 is 1.50 bits per heavy atom. The minimum atomic E-state index is 0.769. The number of rotatable bonds is 1. The molecule has 0 aromatic carbocycles. The maximum absolute atomic E-state index is 5.37. The van der Waals surface area contributed by atoms with Crippen LogP contribution in [0.2, 0.25) is 0 Å². The third-order valence-electron chi connectivity index (χ3n) is 2.28. The van der Waals surface area contributed by atoms with Crippen LogP contribution in [0, 0.1) is 0 Å². The van der Waals surface area contributed by atoms with E-state index in [9.17, 15) is 0 Å². The van der Waals surface area contributed by atoms with Crippen LogP contribution in [0.3, 0.4) is 0 Å². The van der Waals surface area contributed by atoms with Gasteiger partial charge in [-0.3, -0.25) is 4.98 Å². The Morgan fingerprint density at radius 3 is 3.25 bits per heavy atom. The van der Waals surface area contributed by atoms with E-state index >= 15 is 0 Å². The second-order valence-electron chi connectivity index (χ2n) is 3.10. The van der Waals surface area contributed by atoms with Crippen molar-refractivity contribution in [2.24, 2.45) is 0 Å². The lowest BCUT2D eigenvalue weighted by Crippen LogP contribution is -2.10. The fourth-order valence-corrected chi connectivity index (χ4v) is 1.49. The molecule has 0 unspecified atom stereocenters. The normalized spacial score (nSPS) is 15.8. The standard InChI is InChI=1S/C10H13NO/c1-2-10-5-9-7-12-4-3-8(9)6-11-10/h5-6H,2-4,7H2,1H3. The summed E-state index contributed by atoms with van der Waals surface area (Å²) in [4.78, 5) is 4.35. The van der Waals surface area contributed by atoms with E-state index < -0.39 is 0 Å². The smallest absolute Gasteiger partial charge is 0.0720 e. The van der Waals surface area contributed by atoms with E-state index in [1.54, 1.807) is 0 Å². The number of aryl methyl sites for hydroxylation is 1. The average molecular weight is 163 g/mol. The van der Waals surface area contributed by atoms with Gasteiger partial charge < -0.3 is 4.74 Å². The highest BCUT2D eigenvalue weighted by Gasteiger charge is 2.09. The number of hydrogen-bond acceptors (Lipinski definition) is 2. The Hall–Kier alpha value is -0.890. The molecule has 2 heterocycles. The van der Waals surface area contributed by atoms with Crippen molar-refractivity contribution in [2.45, 2.75) is 26.4 Å². The van der Waals surface area contributed by atoms with Gasteiger partial charge >= 0.3 is 0 Å². The van der Waals surface area contributed by atoms with Gasteiger partial charge in [-0.1, -0.05) is 6.92 Å². The van der Waals surface area contributed by atoms with E-state index in [4.69, 9.17) is 4.74 Å². The first-order valence-electron chi connectivity index (χ1n) is 4.44. The van der Waals surface area contributed by atoms with Gasteiger partial charge in [0.25, 0.3) is 0 Å². The molecular formula is C10H13NO. The van der Waals surface area contributed by atoms with Crippen LogP contribution in [0.4, 0.5) is 0 Å². The van der Waals surface area contributed by atoms with Gasteiger partial charge in [0.1, 0.15) is 0 Å². The molecule has 0 atom stereocenters. The predicted octanol–water partition coefficient (Wildman–Crippen LogP) is 1.72. The number of aromatic nitrogens is 1. The average Bonchev–Trinajstić information content (AvgIpc) is 2.17. The molecule has 0 radical (unpaired) electrons. The number of pyridine rings is 1. The summed E-state index contributed by atoms with van der Waals surface area (Å²) in [5.74, 6) is 0. The topological polar surface area (TPSA) is 22.1 Å². The third-order valence-corrected chi connectivity index (χ3v) is 2.28. The fourth-order valence-electron chi connectivity index (χ4n) is 1.49. The highest BCUT2D eigenvalue weighted by Crippen LogP contribution is 2.16. The van der Waals surface area contributed by atoms with Crippen molar-refractivity contribution >= 4 is 0 Å². The first-order chi connectivity index (χ1) is 5.90. The van der Waals surface area contributed by atoms with Crippen LogP contribution in [-0.4, -0.2) is 11.6 Å². The van der Waals surface area contributed by atoms with E-state index in [0.29, 0.717) is 0 Å². The van der Waals surface area contributed by atoms with E-state index in [1.165, 1.54) is 16.8 Å². The van der Waals surface area contributed by atoms with Gasteiger partial charge in [0, 0.05) is 11.9 Å².